The predicted octanol–water partition coefficient (Wildman–Crippen LogP) is 3.03. The van der Waals surface area contributed by atoms with Gasteiger partial charge in [-0.25, -0.2) is 0 Å². The molecule has 2 heteroatoms. The molecular formula is C14H25NO. The Kier molecular flexibility index (Phi) is 4.04. The second-order valence-corrected chi connectivity index (χ2v) is 5.62. The van der Waals surface area contributed by atoms with Gasteiger partial charge in [0.1, 0.15) is 0 Å². The molecule has 1 aliphatic heterocycles. The average Bonchev–Trinajstić information content (AvgIpc) is 2.66. The summed E-state index contributed by atoms with van der Waals surface area (Å²) < 4.78 is 6.03. The van der Waals surface area contributed by atoms with E-state index in [-0.39, 0.29) is 5.60 Å². The topological polar surface area (TPSA) is 21.3 Å². The van der Waals surface area contributed by atoms with Crippen LogP contribution in [0.3, 0.4) is 0 Å². The standard InChI is InChI=1S/C14H25NO/c1-12(2)5-9-15-13-6-10-16-14(11-13)7-3-4-8-14/h5,13,15H,3-4,6-11H2,1-2H3. The Hall–Kier alpha value is -0.340. The van der Waals surface area contributed by atoms with Crippen LogP contribution in [-0.2, 0) is 4.74 Å². The predicted molar refractivity (Wildman–Crippen MR) is 67.6 cm³/mol. The summed E-state index contributed by atoms with van der Waals surface area (Å²) in [6.45, 7) is 6.28. The molecule has 1 saturated heterocycles. The molecule has 1 spiro atoms. The molecule has 0 bridgehead atoms. The van der Waals surface area contributed by atoms with Crippen LogP contribution in [0.1, 0.15) is 52.4 Å². The van der Waals surface area contributed by atoms with Crippen molar-refractivity contribution in [2.45, 2.75) is 64.0 Å². The maximum Gasteiger partial charge on any atom is 0.0697 e. The molecule has 0 amide bonds. The molecule has 16 heavy (non-hydrogen) atoms. The van der Waals surface area contributed by atoms with Crippen LogP contribution in [0.15, 0.2) is 11.6 Å². The van der Waals surface area contributed by atoms with Gasteiger partial charge in [-0.05, 0) is 39.5 Å². The molecule has 2 rings (SSSR count). The highest BCUT2D eigenvalue weighted by Crippen LogP contribution is 2.39. The minimum Gasteiger partial charge on any atom is -0.375 e. The molecule has 2 aliphatic rings. The number of allylic oxidation sites excluding steroid dienone is 1. The van der Waals surface area contributed by atoms with Gasteiger partial charge in [0.05, 0.1) is 5.60 Å². The Balaban J connectivity index is 1.80. The fourth-order valence-corrected chi connectivity index (χ4v) is 3.00. The first-order chi connectivity index (χ1) is 7.70. The van der Waals surface area contributed by atoms with Crippen LogP contribution in [0.25, 0.3) is 0 Å². The summed E-state index contributed by atoms with van der Waals surface area (Å²) in [6.07, 6.45) is 9.97. The second kappa shape index (κ2) is 5.33. The smallest absolute Gasteiger partial charge is 0.0697 e. The van der Waals surface area contributed by atoms with Crippen molar-refractivity contribution >= 4 is 0 Å². The van der Waals surface area contributed by atoms with Crippen LogP contribution in [0, 0.1) is 0 Å². The highest BCUT2D eigenvalue weighted by molar-refractivity contribution is 4.97. The van der Waals surface area contributed by atoms with Crippen molar-refractivity contribution in [3.05, 3.63) is 11.6 Å². The van der Waals surface area contributed by atoms with Crippen LogP contribution in [0.5, 0.6) is 0 Å². The van der Waals surface area contributed by atoms with Gasteiger partial charge in [-0.3, -0.25) is 0 Å². The Labute approximate surface area is 99.4 Å². The summed E-state index contributed by atoms with van der Waals surface area (Å²) in [5.41, 5.74) is 1.65. The summed E-state index contributed by atoms with van der Waals surface area (Å²) in [5, 5.41) is 3.65. The highest BCUT2D eigenvalue weighted by Gasteiger charge is 2.39. The van der Waals surface area contributed by atoms with Gasteiger partial charge in [-0.2, -0.15) is 0 Å². The Bertz CT molecular complexity index is 249. The van der Waals surface area contributed by atoms with Crippen LogP contribution >= 0.6 is 0 Å². The number of hydrogen-bond acceptors (Lipinski definition) is 2. The quantitative estimate of drug-likeness (QED) is 0.743. The lowest BCUT2D eigenvalue weighted by Gasteiger charge is -2.38. The van der Waals surface area contributed by atoms with E-state index in [1.165, 1.54) is 44.1 Å². The van der Waals surface area contributed by atoms with Gasteiger partial charge in [-0.1, -0.05) is 24.5 Å². The van der Waals surface area contributed by atoms with E-state index in [1.807, 2.05) is 0 Å². The van der Waals surface area contributed by atoms with Gasteiger partial charge >= 0.3 is 0 Å². The van der Waals surface area contributed by atoms with E-state index in [0.717, 1.165) is 13.2 Å². The van der Waals surface area contributed by atoms with E-state index < -0.39 is 0 Å². The summed E-state index contributed by atoms with van der Waals surface area (Å²) in [4.78, 5) is 0. The second-order valence-electron chi connectivity index (χ2n) is 5.62. The third-order valence-electron chi connectivity index (χ3n) is 3.92. The molecule has 1 aliphatic carbocycles. The highest BCUT2D eigenvalue weighted by atomic mass is 16.5. The largest absolute Gasteiger partial charge is 0.375 e. The minimum absolute atomic E-state index is 0.251. The summed E-state index contributed by atoms with van der Waals surface area (Å²) in [6, 6.07) is 0.669. The van der Waals surface area contributed by atoms with Gasteiger partial charge in [0.15, 0.2) is 0 Å². The molecule has 2 fully saturated rings. The van der Waals surface area contributed by atoms with Gasteiger partial charge in [0, 0.05) is 19.2 Å². The van der Waals surface area contributed by atoms with Gasteiger partial charge in [0.25, 0.3) is 0 Å². The molecule has 1 unspecified atom stereocenters. The lowest BCUT2D eigenvalue weighted by Crippen LogP contribution is -2.45. The van der Waals surface area contributed by atoms with E-state index >= 15 is 0 Å². The molecule has 1 heterocycles. The van der Waals surface area contributed by atoms with Crippen molar-refractivity contribution in [1.82, 2.24) is 5.32 Å². The first kappa shape index (κ1) is 12.1. The number of rotatable bonds is 3. The zero-order valence-corrected chi connectivity index (χ0v) is 10.7. The normalized spacial score (nSPS) is 28.2. The minimum atomic E-state index is 0.251. The monoisotopic (exact) mass is 223 g/mol. The van der Waals surface area contributed by atoms with E-state index in [9.17, 15) is 0 Å². The van der Waals surface area contributed by atoms with Crippen LogP contribution in [0.2, 0.25) is 0 Å². The van der Waals surface area contributed by atoms with Gasteiger partial charge in [0.2, 0.25) is 0 Å². The number of ether oxygens (including phenoxy) is 1. The molecule has 2 nitrogen and oxygen atoms in total. The first-order valence-electron chi connectivity index (χ1n) is 6.71. The number of hydrogen-bond donors (Lipinski definition) is 1. The van der Waals surface area contributed by atoms with E-state index in [0.29, 0.717) is 6.04 Å². The summed E-state index contributed by atoms with van der Waals surface area (Å²) in [7, 11) is 0. The SMILES string of the molecule is CC(C)=CCNC1CCOC2(CCCC2)C1. The maximum absolute atomic E-state index is 6.03. The lowest BCUT2D eigenvalue weighted by molar-refractivity contribution is -0.0831. The van der Waals surface area contributed by atoms with Gasteiger partial charge in [-0.15, -0.1) is 0 Å². The zero-order chi connectivity index (χ0) is 11.4. The molecule has 92 valence electrons. The molecule has 1 N–H and O–H groups in total. The van der Waals surface area contributed by atoms with Crippen LogP contribution in [0.4, 0.5) is 0 Å². The van der Waals surface area contributed by atoms with Crippen molar-refractivity contribution < 1.29 is 4.74 Å². The van der Waals surface area contributed by atoms with E-state index in [2.05, 4.69) is 25.2 Å². The molecular weight excluding hydrogens is 198 g/mol. The molecule has 0 radical (unpaired) electrons. The summed E-state index contributed by atoms with van der Waals surface area (Å²) >= 11 is 0. The fraction of sp³-hybridized carbons (Fsp3) is 0.857. The van der Waals surface area contributed by atoms with Crippen molar-refractivity contribution in [1.29, 1.82) is 0 Å². The Morgan fingerprint density at radius 1 is 1.38 bits per heavy atom. The average molecular weight is 223 g/mol. The van der Waals surface area contributed by atoms with Crippen molar-refractivity contribution in [3.8, 4) is 0 Å². The molecule has 0 aromatic carbocycles. The summed E-state index contributed by atoms with van der Waals surface area (Å²) in [5.74, 6) is 0. The molecule has 1 atom stereocenters. The lowest BCUT2D eigenvalue weighted by atomic mass is 9.89. The van der Waals surface area contributed by atoms with Crippen LogP contribution < -0.4 is 5.32 Å². The third kappa shape index (κ3) is 3.08. The van der Waals surface area contributed by atoms with Crippen molar-refractivity contribution in [2.24, 2.45) is 0 Å². The zero-order valence-electron chi connectivity index (χ0n) is 10.7. The van der Waals surface area contributed by atoms with E-state index in [4.69, 9.17) is 4.74 Å². The van der Waals surface area contributed by atoms with Crippen LogP contribution in [-0.4, -0.2) is 24.8 Å². The van der Waals surface area contributed by atoms with Crippen molar-refractivity contribution in [2.75, 3.05) is 13.2 Å². The first-order valence-corrected chi connectivity index (χ1v) is 6.71. The fourth-order valence-electron chi connectivity index (χ4n) is 3.00. The number of nitrogens with one attached hydrogen (secondary N) is 1. The Morgan fingerprint density at radius 3 is 2.81 bits per heavy atom. The Morgan fingerprint density at radius 2 is 2.12 bits per heavy atom. The molecule has 0 aromatic heterocycles. The van der Waals surface area contributed by atoms with E-state index in [1.54, 1.807) is 0 Å². The molecule has 1 saturated carbocycles. The maximum atomic E-state index is 6.03. The van der Waals surface area contributed by atoms with Crippen molar-refractivity contribution in [3.63, 3.8) is 0 Å². The van der Waals surface area contributed by atoms with Gasteiger partial charge < -0.3 is 10.1 Å². The third-order valence-corrected chi connectivity index (χ3v) is 3.92. The molecule has 0 aromatic rings.